The van der Waals surface area contributed by atoms with Gasteiger partial charge in [-0.2, -0.15) is 5.10 Å². The van der Waals surface area contributed by atoms with Gasteiger partial charge in [0.25, 0.3) is 0 Å². The number of aryl methyl sites for hydroxylation is 1. The highest BCUT2D eigenvalue weighted by Crippen LogP contribution is 2.12. The third-order valence-corrected chi connectivity index (χ3v) is 1.70. The molecule has 0 atom stereocenters. The van der Waals surface area contributed by atoms with Crippen LogP contribution in [0.2, 0.25) is 0 Å². The molecule has 3 nitrogen and oxygen atoms in total. The number of anilines is 1. The Morgan fingerprint density at radius 3 is 2.42 bits per heavy atom. The first-order valence-electron chi connectivity index (χ1n) is 3.98. The van der Waals surface area contributed by atoms with Gasteiger partial charge < -0.3 is 5.73 Å². The van der Waals surface area contributed by atoms with Crippen molar-refractivity contribution in [3.05, 3.63) is 11.9 Å². The van der Waals surface area contributed by atoms with Gasteiger partial charge in [0, 0.05) is 12.2 Å². The predicted octanol–water partition coefficient (Wildman–Crippen LogP) is 2.03. The van der Waals surface area contributed by atoms with Gasteiger partial charge >= 0.3 is 0 Å². The van der Waals surface area contributed by atoms with E-state index in [4.69, 9.17) is 5.73 Å². The summed E-state index contributed by atoms with van der Waals surface area (Å²) in [5.74, 6) is 0. The van der Waals surface area contributed by atoms with E-state index in [0.29, 0.717) is 6.04 Å². The van der Waals surface area contributed by atoms with Crippen LogP contribution < -0.4 is 5.73 Å². The zero-order valence-corrected chi connectivity index (χ0v) is 8.56. The summed E-state index contributed by atoms with van der Waals surface area (Å²) in [4.78, 5) is 0. The number of hydrogen-bond acceptors (Lipinski definition) is 2. The molecule has 0 aliphatic heterocycles. The maximum absolute atomic E-state index is 5.71. The van der Waals surface area contributed by atoms with Crippen molar-refractivity contribution in [3.8, 4) is 0 Å². The summed E-state index contributed by atoms with van der Waals surface area (Å²) >= 11 is 0. The quantitative estimate of drug-likeness (QED) is 0.774. The van der Waals surface area contributed by atoms with E-state index < -0.39 is 0 Å². The minimum absolute atomic E-state index is 0. The fraction of sp³-hybridized carbons (Fsp3) is 0.625. The number of aromatic nitrogens is 2. The highest BCUT2D eigenvalue weighted by molar-refractivity contribution is 5.85. The first kappa shape index (κ1) is 11.3. The van der Waals surface area contributed by atoms with Crippen LogP contribution in [0.3, 0.4) is 0 Å². The molecule has 0 aromatic carbocycles. The van der Waals surface area contributed by atoms with Crippen LogP contribution >= 0.6 is 12.4 Å². The van der Waals surface area contributed by atoms with E-state index in [1.165, 1.54) is 0 Å². The first-order chi connectivity index (χ1) is 5.15. The lowest BCUT2D eigenvalue weighted by Gasteiger charge is -2.02. The van der Waals surface area contributed by atoms with Crippen molar-refractivity contribution in [2.24, 2.45) is 0 Å². The van der Waals surface area contributed by atoms with Crippen LogP contribution in [0.25, 0.3) is 0 Å². The standard InChI is InChI=1S/C8H15N3.ClH/c1-4-8-7(9)5-11(10-8)6(2)3;/h5-6H,4,9H2,1-3H3;1H. The van der Waals surface area contributed by atoms with Gasteiger partial charge in [0.1, 0.15) is 0 Å². The first-order valence-corrected chi connectivity index (χ1v) is 3.98. The molecule has 0 amide bonds. The summed E-state index contributed by atoms with van der Waals surface area (Å²) in [6, 6.07) is 0.401. The second-order valence-corrected chi connectivity index (χ2v) is 2.96. The second kappa shape index (κ2) is 4.36. The van der Waals surface area contributed by atoms with Gasteiger partial charge in [-0.15, -0.1) is 12.4 Å². The third-order valence-electron chi connectivity index (χ3n) is 1.70. The van der Waals surface area contributed by atoms with Crippen molar-refractivity contribution in [2.45, 2.75) is 33.2 Å². The molecule has 0 fully saturated rings. The lowest BCUT2D eigenvalue weighted by atomic mass is 10.3. The van der Waals surface area contributed by atoms with E-state index in [1.54, 1.807) is 0 Å². The molecule has 0 unspecified atom stereocenters. The second-order valence-electron chi connectivity index (χ2n) is 2.96. The Morgan fingerprint density at radius 1 is 1.58 bits per heavy atom. The monoisotopic (exact) mass is 189 g/mol. The fourth-order valence-corrected chi connectivity index (χ4v) is 0.982. The zero-order chi connectivity index (χ0) is 8.43. The Hall–Kier alpha value is -0.700. The fourth-order valence-electron chi connectivity index (χ4n) is 0.982. The average molecular weight is 190 g/mol. The van der Waals surface area contributed by atoms with Crippen LogP contribution in [-0.4, -0.2) is 9.78 Å². The Morgan fingerprint density at radius 2 is 2.17 bits per heavy atom. The maximum atomic E-state index is 5.71. The van der Waals surface area contributed by atoms with Crippen LogP contribution in [0.4, 0.5) is 5.69 Å². The Labute approximate surface area is 79.4 Å². The minimum atomic E-state index is 0. The minimum Gasteiger partial charge on any atom is -0.396 e. The average Bonchev–Trinajstić information content (AvgIpc) is 2.31. The Kier molecular flexibility index (Phi) is 4.10. The maximum Gasteiger partial charge on any atom is 0.0851 e. The van der Waals surface area contributed by atoms with Gasteiger partial charge in [0.2, 0.25) is 0 Å². The van der Waals surface area contributed by atoms with E-state index in [1.807, 2.05) is 10.9 Å². The summed E-state index contributed by atoms with van der Waals surface area (Å²) in [6.07, 6.45) is 2.80. The van der Waals surface area contributed by atoms with Gasteiger partial charge in [0.05, 0.1) is 11.4 Å². The molecular formula is C8H16ClN3. The van der Waals surface area contributed by atoms with Crippen LogP contribution in [0, 0.1) is 0 Å². The van der Waals surface area contributed by atoms with Gasteiger partial charge in [0.15, 0.2) is 0 Å². The Bertz CT molecular complexity index is 242. The molecule has 70 valence electrons. The van der Waals surface area contributed by atoms with Crippen LogP contribution in [0.5, 0.6) is 0 Å². The molecule has 1 aromatic heterocycles. The summed E-state index contributed by atoms with van der Waals surface area (Å²) in [7, 11) is 0. The predicted molar refractivity (Wildman–Crippen MR) is 53.7 cm³/mol. The molecule has 0 aliphatic rings. The molecule has 0 bridgehead atoms. The number of rotatable bonds is 2. The van der Waals surface area contributed by atoms with Crippen LogP contribution in [0.1, 0.15) is 32.5 Å². The van der Waals surface area contributed by atoms with Gasteiger partial charge in [-0.25, -0.2) is 0 Å². The number of nitrogen functional groups attached to an aromatic ring is 1. The molecule has 0 spiro atoms. The van der Waals surface area contributed by atoms with Gasteiger partial charge in [-0.1, -0.05) is 6.92 Å². The van der Waals surface area contributed by atoms with Crippen molar-refractivity contribution in [3.63, 3.8) is 0 Å². The lowest BCUT2D eigenvalue weighted by Crippen LogP contribution is -2.01. The normalized spacial score (nSPS) is 10.0. The zero-order valence-electron chi connectivity index (χ0n) is 7.74. The van der Waals surface area contributed by atoms with E-state index >= 15 is 0 Å². The molecule has 2 N–H and O–H groups in total. The summed E-state index contributed by atoms with van der Waals surface area (Å²) in [5.41, 5.74) is 7.51. The largest absolute Gasteiger partial charge is 0.396 e. The number of hydrogen-bond donors (Lipinski definition) is 1. The molecule has 0 radical (unpaired) electrons. The summed E-state index contributed by atoms with van der Waals surface area (Å²) in [5, 5.41) is 4.32. The van der Waals surface area contributed by atoms with E-state index in [0.717, 1.165) is 17.8 Å². The molecular weight excluding hydrogens is 174 g/mol. The molecule has 4 heteroatoms. The summed E-state index contributed by atoms with van der Waals surface area (Å²) in [6.45, 7) is 6.24. The van der Waals surface area contributed by atoms with Crippen molar-refractivity contribution in [1.82, 2.24) is 9.78 Å². The molecule has 0 aliphatic carbocycles. The molecule has 0 saturated carbocycles. The third kappa shape index (κ3) is 2.14. The number of nitrogens with two attached hydrogens (primary N) is 1. The van der Waals surface area contributed by atoms with Crippen LogP contribution in [0.15, 0.2) is 6.20 Å². The van der Waals surface area contributed by atoms with Crippen LogP contribution in [-0.2, 0) is 6.42 Å². The number of halogens is 1. The van der Waals surface area contributed by atoms with E-state index in [-0.39, 0.29) is 12.4 Å². The Balaban J connectivity index is 0.00000121. The highest BCUT2D eigenvalue weighted by atomic mass is 35.5. The molecule has 1 heterocycles. The van der Waals surface area contributed by atoms with Gasteiger partial charge in [-0.05, 0) is 20.3 Å². The molecule has 0 saturated heterocycles. The van der Waals surface area contributed by atoms with Crippen molar-refractivity contribution in [1.29, 1.82) is 0 Å². The summed E-state index contributed by atoms with van der Waals surface area (Å²) < 4.78 is 1.90. The highest BCUT2D eigenvalue weighted by Gasteiger charge is 2.04. The van der Waals surface area contributed by atoms with Crippen molar-refractivity contribution >= 4 is 18.1 Å². The molecule has 1 aromatic rings. The van der Waals surface area contributed by atoms with Crippen molar-refractivity contribution < 1.29 is 0 Å². The molecule has 1 rings (SSSR count). The van der Waals surface area contributed by atoms with E-state index in [9.17, 15) is 0 Å². The lowest BCUT2D eigenvalue weighted by molar-refractivity contribution is 0.527. The molecule has 12 heavy (non-hydrogen) atoms. The SMILES string of the molecule is CCc1nn(C(C)C)cc1N.Cl. The van der Waals surface area contributed by atoms with Gasteiger partial charge in [-0.3, -0.25) is 4.68 Å². The topological polar surface area (TPSA) is 43.8 Å². The number of nitrogens with zero attached hydrogens (tertiary/aromatic N) is 2. The van der Waals surface area contributed by atoms with E-state index in [2.05, 4.69) is 25.9 Å². The smallest absolute Gasteiger partial charge is 0.0851 e. The van der Waals surface area contributed by atoms with Crippen molar-refractivity contribution in [2.75, 3.05) is 5.73 Å².